The second kappa shape index (κ2) is 5.42. The number of rotatable bonds is 2. The van der Waals surface area contributed by atoms with E-state index in [1.54, 1.807) is 0 Å². The van der Waals surface area contributed by atoms with Gasteiger partial charge in [0, 0.05) is 18.7 Å². The first-order valence-electron chi connectivity index (χ1n) is 6.54. The molecule has 18 heavy (non-hydrogen) atoms. The van der Waals surface area contributed by atoms with Gasteiger partial charge in [-0.05, 0) is 32.6 Å². The van der Waals surface area contributed by atoms with Crippen LogP contribution >= 0.6 is 0 Å². The third-order valence-electron chi connectivity index (χ3n) is 3.56. The molecule has 1 aromatic heterocycles. The Bertz CT molecular complexity index is 419. The highest BCUT2D eigenvalue weighted by Gasteiger charge is 2.18. The molecule has 5 nitrogen and oxygen atoms in total. The Morgan fingerprint density at radius 2 is 2.33 bits per heavy atom. The first kappa shape index (κ1) is 12.9. The molecule has 1 saturated heterocycles. The Balaban J connectivity index is 2.00. The lowest BCUT2D eigenvalue weighted by molar-refractivity contribution is 0.270. The molecule has 0 aromatic carbocycles. The predicted octanol–water partition coefficient (Wildman–Crippen LogP) is 1.84. The minimum atomic E-state index is 0.553. The van der Waals surface area contributed by atoms with Gasteiger partial charge in [0.1, 0.15) is 5.76 Å². The van der Waals surface area contributed by atoms with E-state index in [0.29, 0.717) is 18.4 Å². The fourth-order valence-electron chi connectivity index (χ4n) is 2.39. The summed E-state index contributed by atoms with van der Waals surface area (Å²) in [5, 5.41) is 3.92. The lowest BCUT2D eigenvalue weighted by Crippen LogP contribution is -2.43. The van der Waals surface area contributed by atoms with E-state index in [2.05, 4.69) is 22.0 Å². The second-order valence-corrected chi connectivity index (χ2v) is 5.17. The van der Waals surface area contributed by atoms with Crippen LogP contribution in [0, 0.1) is 19.8 Å². The molecular formula is C13H22N4O. The third-order valence-corrected chi connectivity index (χ3v) is 3.56. The van der Waals surface area contributed by atoms with Crippen molar-refractivity contribution < 1.29 is 4.52 Å². The maximum atomic E-state index is 6.05. The maximum Gasteiger partial charge on any atom is 0.191 e. The minimum Gasteiger partial charge on any atom is -0.370 e. The lowest BCUT2D eigenvalue weighted by atomic mass is 10.0. The van der Waals surface area contributed by atoms with Crippen LogP contribution in [-0.2, 0) is 6.54 Å². The van der Waals surface area contributed by atoms with E-state index in [1.807, 2.05) is 13.8 Å². The average Bonchev–Trinajstić information content (AvgIpc) is 2.66. The molecule has 2 heterocycles. The molecular weight excluding hydrogens is 228 g/mol. The van der Waals surface area contributed by atoms with Gasteiger partial charge in [-0.15, -0.1) is 0 Å². The summed E-state index contributed by atoms with van der Waals surface area (Å²) < 4.78 is 5.12. The molecule has 0 saturated carbocycles. The Kier molecular flexibility index (Phi) is 3.89. The van der Waals surface area contributed by atoms with Crippen molar-refractivity contribution in [1.29, 1.82) is 0 Å². The molecule has 0 amide bonds. The van der Waals surface area contributed by atoms with Crippen molar-refractivity contribution in [3.63, 3.8) is 0 Å². The second-order valence-electron chi connectivity index (χ2n) is 5.17. The Morgan fingerprint density at radius 3 is 2.94 bits per heavy atom. The van der Waals surface area contributed by atoms with Crippen molar-refractivity contribution >= 4 is 5.96 Å². The van der Waals surface area contributed by atoms with E-state index in [0.717, 1.165) is 30.1 Å². The summed E-state index contributed by atoms with van der Waals surface area (Å²) in [6.45, 7) is 8.67. The number of nitrogens with zero attached hydrogens (tertiary/aromatic N) is 3. The first-order valence-corrected chi connectivity index (χ1v) is 6.54. The molecule has 2 N–H and O–H groups in total. The predicted molar refractivity (Wildman–Crippen MR) is 71.3 cm³/mol. The molecule has 1 fully saturated rings. The summed E-state index contributed by atoms with van der Waals surface area (Å²) in [4.78, 5) is 6.64. The topological polar surface area (TPSA) is 67.6 Å². The highest BCUT2D eigenvalue weighted by Crippen LogP contribution is 2.16. The summed E-state index contributed by atoms with van der Waals surface area (Å²) in [7, 11) is 0. The monoisotopic (exact) mass is 250 g/mol. The highest BCUT2D eigenvalue weighted by molar-refractivity contribution is 5.78. The van der Waals surface area contributed by atoms with Gasteiger partial charge in [-0.2, -0.15) is 0 Å². The van der Waals surface area contributed by atoms with Crippen molar-refractivity contribution in [2.75, 3.05) is 13.1 Å². The number of piperidine rings is 1. The van der Waals surface area contributed by atoms with Crippen LogP contribution < -0.4 is 5.73 Å². The van der Waals surface area contributed by atoms with Crippen LogP contribution in [-0.4, -0.2) is 29.1 Å². The van der Waals surface area contributed by atoms with Gasteiger partial charge >= 0.3 is 0 Å². The van der Waals surface area contributed by atoms with Gasteiger partial charge in [-0.25, -0.2) is 4.99 Å². The number of aryl methyl sites for hydroxylation is 2. The first-order chi connectivity index (χ1) is 8.58. The van der Waals surface area contributed by atoms with Crippen molar-refractivity contribution in [1.82, 2.24) is 10.1 Å². The smallest absolute Gasteiger partial charge is 0.191 e. The fraction of sp³-hybridized carbons (Fsp3) is 0.692. The average molecular weight is 250 g/mol. The van der Waals surface area contributed by atoms with Gasteiger partial charge in [-0.3, -0.25) is 0 Å². The number of aliphatic imine (C=N–C) groups is 1. The van der Waals surface area contributed by atoms with Gasteiger partial charge < -0.3 is 15.2 Å². The number of nitrogens with two attached hydrogens (primary N) is 1. The van der Waals surface area contributed by atoms with E-state index >= 15 is 0 Å². The molecule has 1 unspecified atom stereocenters. The Hall–Kier alpha value is -1.52. The molecule has 0 aliphatic carbocycles. The Labute approximate surface area is 108 Å². The molecule has 1 atom stereocenters. The molecule has 0 bridgehead atoms. The standard InChI is InChI=1S/C13H22N4O/c1-9-5-4-6-17(8-9)13(14)15-7-12-10(2)16-18-11(12)3/h9H,4-8H2,1-3H3,(H2,14,15). The van der Waals surface area contributed by atoms with Crippen molar-refractivity contribution in [2.45, 2.75) is 40.2 Å². The molecule has 0 radical (unpaired) electrons. The van der Waals surface area contributed by atoms with Gasteiger partial charge in [-0.1, -0.05) is 12.1 Å². The molecule has 1 aliphatic rings. The van der Waals surface area contributed by atoms with E-state index in [-0.39, 0.29) is 0 Å². The number of hydrogen-bond acceptors (Lipinski definition) is 3. The zero-order valence-corrected chi connectivity index (χ0v) is 11.4. The maximum absolute atomic E-state index is 6.05. The molecule has 2 rings (SSSR count). The van der Waals surface area contributed by atoms with E-state index < -0.39 is 0 Å². The summed E-state index contributed by atoms with van der Waals surface area (Å²) in [6, 6.07) is 0. The molecule has 5 heteroatoms. The summed E-state index contributed by atoms with van der Waals surface area (Å²) in [6.07, 6.45) is 2.48. The largest absolute Gasteiger partial charge is 0.370 e. The van der Waals surface area contributed by atoms with Crippen molar-refractivity contribution in [3.8, 4) is 0 Å². The number of guanidine groups is 1. The minimum absolute atomic E-state index is 0.553. The van der Waals surface area contributed by atoms with Gasteiger partial charge in [0.2, 0.25) is 0 Å². The van der Waals surface area contributed by atoms with Gasteiger partial charge in [0.05, 0.1) is 12.2 Å². The third kappa shape index (κ3) is 2.83. The molecule has 0 spiro atoms. The van der Waals surface area contributed by atoms with Crippen LogP contribution in [0.2, 0.25) is 0 Å². The van der Waals surface area contributed by atoms with Crippen LogP contribution in [0.3, 0.4) is 0 Å². The van der Waals surface area contributed by atoms with Crippen LogP contribution in [0.15, 0.2) is 9.52 Å². The summed E-state index contributed by atoms with van der Waals surface area (Å²) in [5.74, 6) is 2.17. The number of hydrogen-bond donors (Lipinski definition) is 1. The quantitative estimate of drug-likeness (QED) is 0.642. The Morgan fingerprint density at radius 1 is 1.56 bits per heavy atom. The lowest BCUT2D eigenvalue weighted by Gasteiger charge is -2.31. The molecule has 100 valence electrons. The molecule has 1 aromatic rings. The van der Waals surface area contributed by atoms with E-state index in [1.165, 1.54) is 12.8 Å². The van der Waals surface area contributed by atoms with Crippen LogP contribution in [0.4, 0.5) is 0 Å². The van der Waals surface area contributed by atoms with Gasteiger partial charge in [0.25, 0.3) is 0 Å². The normalized spacial score (nSPS) is 21.4. The highest BCUT2D eigenvalue weighted by atomic mass is 16.5. The van der Waals surface area contributed by atoms with E-state index in [4.69, 9.17) is 10.3 Å². The van der Waals surface area contributed by atoms with Crippen molar-refractivity contribution in [2.24, 2.45) is 16.6 Å². The van der Waals surface area contributed by atoms with Crippen LogP contribution in [0.25, 0.3) is 0 Å². The zero-order chi connectivity index (χ0) is 13.1. The fourth-order valence-corrected chi connectivity index (χ4v) is 2.39. The van der Waals surface area contributed by atoms with Crippen LogP contribution in [0.5, 0.6) is 0 Å². The summed E-state index contributed by atoms with van der Waals surface area (Å²) in [5.41, 5.74) is 8.00. The number of aromatic nitrogens is 1. The van der Waals surface area contributed by atoms with Crippen molar-refractivity contribution in [3.05, 3.63) is 17.0 Å². The summed E-state index contributed by atoms with van der Waals surface area (Å²) >= 11 is 0. The SMILES string of the molecule is Cc1noc(C)c1CN=C(N)N1CCCC(C)C1. The zero-order valence-electron chi connectivity index (χ0n) is 11.4. The van der Waals surface area contributed by atoms with E-state index in [9.17, 15) is 0 Å². The number of likely N-dealkylation sites (tertiary alicyclic amines) is 1. The van der Waals surface area contributed by atoms with Gasteiger partial charge in [0.15, 0.2) is 5.96 Å². The molecule has 1 aliphatic heterocycles. The van der Waals surface area contributed by atoms with Crippen LogP contribution in [0.1, 0.15) is 36.8 Å².